The van der Waals surface area contributed by atoms with E-state index in [-0.39, 0.29) is 11.9 Å². The number of furan rings is 1. The van der Waals surface area contributed by atoms with Crippen molar-refractivity contribution < 1.29 is 9.21 Å². The summed E-state index contributed by atoms with van der Waals surface area (Å²) < 4.78 is 5.92. The molecule has 3 aromatic heterocycles. The van der Waals surface area contributed by atoms with Crippen molar-refractivity contribution in [3.8, 4) is 0 Å². The van der Waals surface area contributed by atoms with Crippen LogP contribution < -0.4 is 16.0 Å². The maximum absolute atomic E-state index is 12.9. The van der Waals surface area contributed by atoms with Crippen molar-refractivity contribution in [1.29, 1.82) is 0 Å². The molecule has 4 atom stereocenters. The number of fused-ring (bicyclic) bond motifs is 1. The van der Waals surface area contributed by atoms with Crippen molar-refractivity contribution in [3.63, 3.8) is 0 Å². The minimum atomic E-state index is -0.279. The molecule has 2 unspecified atom stereocenters. The number of nitrogens with two attached hydrogens (primary N) is 1. The first-order valence-corrected chi connectivity index (χ1v) is 10.6. The lowest BCUT2D eigenvalue weighted by Crippen LogP contribution is -2.46. The van der Waals surface area contributed by atoms with E-state index in [4.69, 9.17) is 10.2 Å². The topological polar surface area (TPSA) is 97.3 Å². The number of nitrogens with zero attached hydrogens (tertiary/aromatic N) is 3. The van der Waals surface area contributed by atoms with E-state index in [0.29, 0.717) is 34.8 Å². The van der Waals surface area contributed by atoms with E-state index in [2.05, 4.69) is 34.0 Å². The van der Waals surface area contributed by atoms with Crippen LogP contribution in [0.25, 0.3) is 11.1 Å². The fraction of sp³-hybridized carbons (Fsp3) is 0.435. The first-order valence-electron chi connectivity index (χ1n) is 10.6. The van der Waals surface area contributed by atoms with Gasteiger partial charge in [-0.3, -0.25) is 9.78 Å². The van der Waals surface area contributed by atoms with Gasteiger partial charge < -0.3 is 20.4 Å². The molecule has 4 heterocycles. The minimum absolute atomic E-state index is 0.122. The molecule has 0 aromatic carbocycles. The number of rotatable bonds is 4. The van der Waals surface area contributed by atoms with Gasteiger partial charge in [0.15, 0.2) is 0 Å². The molecule has 0 radical (unpaired) electrons. The molecule has 1 amide bonds. The Bertz CT molecular complexity index is 1080. The molecule has 1 saturated heterocycles. The number of nitrogens with one attached hydrogen (secondary N) is 1. The molecular weight excluding hydrogens is 378 g/mol. The summed E-state index contributed by atoms with van der Waals surface area (Å²) in [5.74, 6) is 2.32. The molecule has 1 aliphatic heterocycles. The lowest BCUT2D eigenvalue weighted by molar-refractivity contribution is 0.102. The SMILES string of the molecule is CC1CC1c1cc2ccc(C(=O)Nc3cnccc3N3C[C@H](C)C[C@H](N)C3)nc2o1. The zero-order valence-corrected chi connectivity index (χ0v) is 17.3. The summed E-state index contributed by atoms with van der Waals surface area (Å²) in [7, 11) is 0. The number of aromatic nitrogens is 2. The Morgan fingerprint density at radius 3 is 2.83 bits per heavy atom. The summed E-state index contributed by atoms with van der Waals surface area (Å²) in [6.45, 7) is 6.08. The van der Waals surface area contributed by atoms with E-state index in [1.807, 2.05) is 18.2 Å². The molecular formula is C23H27N5O2. The van der Waals surface area contributed by atoms with Gasteiger partial charge >= 0.3 is 0 Å². The molecule has 0 spiro atoms. The van der Waals surface area contributed by atoms with Crippen LogP contribution in [0.2, 0.25) is 0 Å². The molecule has 30 heavy (non-hydrogen) atoms. The largest absolute Gasteiger partial charge is 0.442 e. The zero-order valence-electron chi connectivity index (χ0n) is 17.3. The van der Waals surface area contributed by atoms with Gasteiger partial charge in [0.2, 0.25) is 5.71 Å². The number of piperidine rings is 1. The minimum Gasteiger partial charge on any atom is -0.442 e. The van der Waals surface area contributed by atoms with Crippen LogP contribution in [0.1, 0.15) is 48.9 Å². The maximum Gasteiger partial charge on any atom is 0.274 e. The molecule has 1 saturated carbocycles. The second-order valence-corrected chi connectivity index (χ2v) is 8.91. The molecule has 156 valence electrons. The van der Waals surface area contributed by atoms with E-state index in [1.54, 1.807) is 18.5 Å². The molecule has 5 rings (SSSR count). The van der Waals surface area contributed by atoms with Crippen molar-refractivity contribution >= 4 is 28.4 Å². The van der Waals surface area contributed by atoms with Crippen LogP contribution in [0.5, 0.6) is 0 Å². The number of pyridine rings is 2. The zero-order chi connectivity index (χ0) is 20.8. The fourth-order valence-corrected chi connectivity index (χ4v) is 4.51. The average molecular weight is 406 g/mol. The molecule has 3 N–H and O–H groups in total. The number of anilines is 2. The third kappa shape index (κ3) is 3.65. The van der Waals surface area contributed by atoms with Gasteiger partial charge in [-0.2, -0.15) is 0 Å². The van der Waals surface area contributed by atoms with Gasteiger partial charge in [-0.1, -0.05) is 13.8 Å². The number of hydrogen-bond donors (Lipinski definition) is 2. The first-order chi connectivity index (χ1) is 14.5. The quantitative estimate of drug-likeness (QED) is 0.686. The highest BCUT2D eigenvalue weighted by Crippen LogP contribution is 2.48. The van der Waals surface area contributed by atoms with Gasteiger partial charge in [0, 0.05) is 36.6 Å². The Morgan fingerprint density at radius 2 is 2.07 bits per heavy atom. The number of carbonyl (C=O) groups excluding carboxylic acids is 1. The Labute approximate surface area is 175 Å². The van der Waals surface area contributed by atoms with E-state index < -0.39 is 0 Å². The molecule has 0 bridgehead atoms. The van der Waals surface area contributed by atoms with Crippen LogP contribution >= 0.6 is 0 Å². The molecule has 3 aromatic rings. The molecule has 1 aliphatic carbocycles. The Hall–Kier alpha value is -2.93. The summed E-state index contributed by atoms with van der Waals surface area (Å²) in [6.07, 6.45) is 5.58. The van der Waals surface area contributed by atoms with Crippen LogP contribution in [0.4, 0.5) is 11.4 Å². The summed E-state index contributed by atoms with van der Waals surface area (Å²) in [5, 5.41) is 3.91. The van der Waals surface area contributed by atoms with E-state index in [1.165, 1.54) is 0 Å². The molecule has 7 heteroatoms. The van der Waals surface area contributed by atoms with Crippen LogP contribution in [0, 0.1) is 11.8 Å². The van der Waals surface area contributed by atoms with Crippen LogP contribution in [-0.2, 0) is 0 Å². The van der Waals surface area contributed by atoms with Crippen LogP contribution in [0.15, 0.2) is 41.1 Å². The molecule has 2 fully saturated rings. The normalized spacial score (nSPS) is 26.0. The highest BCUT2D eigenvalue weighted by Gasteiger charge is 2.37. The Kier molecular flexibility index (Phi) is 4.70. The second kappa shape index (κ2) is 7.40. The first kappa shape index (κ1) is 19.1. The van der Waals surface area contributed by atoms with Crippen molar-refractivity contribution in [3.05, 3.63) is 48.1 Å². The Balaban J connectivity index is 1.38. The fourth-order valence-electron chi connectivity index (χ4n) is 4.51. The van der Waals surface area contributed by atoms with Gasteiger partial charge in [0.05, 0.1) is 17.6 Å². The summed E-state index contributed by atoms with van der Waals surface area (Å²) >= 11 is 0. The van der Waals surface area contributed by atoms with E-state index in [9.17, 15) is 4.79 Å². The van der Waals surface area contributed by atoms with Crippen LogP contribution in [-0.4, -0.2) is 35.0 Å². The maximum atomic E-state index is 12.9. The van der Waals surface area contributed by atoms with Gasteiger partial charge in [-0.05, 0) is 48.9 Å². The van der Waals surface area contributed by atoms with Gasteiger partial charge in [0.1, 0.15) is 11.5 Å². The van der Waals surface area contributed by atoms with Gasteiger partial charge in [-0.15, -0.1) is 0 Å². The lowest BCUT2D eigenvalue weighted by Gasteiger charge is -2.37. The van der Waals surface area contributed by atoms with Crippen molar-refractivity contribution in [2.24, 2.45) is 17.6 Å². The number of hydrogen-bond acceptors (Lipinski definition) is 6. The van der Waals surface area contributed by atoms with Crippen molar-refractivity contribution in [2.75, 3.05) is 23.3 Å². The highest BCUT2D eigenvalue weighted by atomic mass is 16.3. The predicted molar refractivity (Wildman–Crippen MR) is 117 cm³/mol. The monoisotopic (exact) mass is 405 g/mol. The average Bonchev–Trinajstić information content (AvgIpc) is 3.29. The van der Waals surface area contributed by atoms with E-state index >= 15 is 0 Å². The lowest BCUT2D eigenvalue weighted by atomic mass is 9.96. The number of amides is 1. The summed E-state index contributed by atoms with van der Waals surface area (Å²) in [5.41, 5.74) is 8.66. The third-order valence-electron chi connectivity index (χ3n) is 6.19. The summed E-state index contributed by atoms with van der Waals surface area (Å²) in [4.78, 5) is 23.8. The van der Waals surface area contributed by atoms with Crippen LogP contribution in [0.3, 0.4) is 0 Å². The Morgan fingerprint density at radius 1 is 1.23 bits per heavy atom. The van der Waals surface area contributed by atoms with Crippen molar-refractivity contribution in [1.82, 2.24) is 9.97 Å². The summed E-state index contributed by atoms with van der Waals surface area (Å²) in [6, 6.07) is 7.72. The van der Waals surface area contributed by atoms with Gasteiger partial charge in [0.25, 0.3) is 5.91 Å². The van der Waals surface area contributed by atoms with E-state index in [0.717, 1.165) is 42.8 Å². The van der Waals surface area contributed by atoms with Gasteiger partial charge in [-0.25, -0.2) is 4.98 Å². The number of carbonyl (C=O) groups is 1. The third-order valence-corrected chi connectivity index (χ3v) is 6.19. The molecule has 7 nitrogen and oxygen atoms in total. The van der Waals surface area contributed by atoms with Crippen molar-refractivity contribution in [2.45, 2.75) is 38.6 Å². The smallest absolute Gasteiger partial charge is 0.274 e. The highest BCUT2D eigenvalue weighted by molar-refractivity contribution is 6.05. The molecule has 2 aliphatic rings. The second-order valence-electron chi connectivity index (χ2n) is 8.91. The predicted octanol–water partition coefficient (Wildman–Crippen LogP) is 3.77. The standard InChI is InChI=1S/C23H27N5O2/c1-13-7-16(24)12-28(11-13)20-5-6-25-10-19(20)26-22(29)18-4-3-15-9-21(17-8-14(17)2)30-23(15)27-18/h3-6,9-10,13-14,16-17H,7-8,11-12,24H2,1-2H3,(H,26,29)/t13-,14?,16+,17?/m1/s1.